The minimum Gasteiger partial charge on any atom is -0.393 e. The van der Waals surface area contributed by atoms with Gasteiger partial charge in [0.2, 0.25) is 0 Å². The van der Waals surface area contributed by atoms with Crippen molar-refractivity contribution >= 4 is 17.5 Å². The van der Waals surface area contributed by atoms with Crippen molar-refractivity contribution in [1.82, 2.24) is 14.7 Å². The molecule has 1 saturated heterocycles. The summed E-state index contributed by atoms with van der Waals surface area (Å²) >= 11 is 5.92. The molecule has 6 heteroatoms. The van der Waals surface area contributed by atoms with Crippen LogP contribution in [-0.4, -0.2) is 44.9 Å². The normalized spacial score (nSPS) is 19.3. The number of amides is 1. The molecule has 1 aliphatic rings. The number of carbonyl (C=O) groups excluding carboxylic acids is 1. The number of aromatic nitrogens is 2. The van der Waals surface area contributed by atoms with Gasteiger partial charge in [0, 0.05) is 30.2 Å². The molecule has 2 atom stereocenters. The fourth-order valence-electron chi connectivity index (χ4n) is 3.15. The Kier molecular flexibility index (Phi) is 4.92. The Bertz CT molecular complexity index is 724. The van der Waals surface area contributed by atoms with Gasteiger partial charge in [-0.2, -0.15) is 5.10 Å². The number of halogens is 1. The molecule has 1 amide bonds. The molecule has 5 nitrogen and oxygen atoms in total. The molecular weight excluding hydrogens is 326 g/mol. The number of likely N-dealkylation sites (tertiary alicyclic amines) is 1. The van der Waals surface area contributed by atoms with E-state index in [0.29, 0.717) is 22.8 Å². The van der Waals surface area contributed by atoms with Crippen LogP contribution in [0.5, 0.6) is 0 Å². The Morgan fingerprint density at radius 3 is 2.75 bits per heavy atom. The number of aliphatic hydroxyl groups is 1. The average Bonchev–Trinajstić information content (AvgIpc) is 2.96. The fraction of sp³-hybridized carbons (Fsp3) is 0.444. The lowest BCUT2D eigenvalue weighted by atomic mass is 9.93. The maximum atomic E-state index is 12.9. The summed E-state index contributed by atoms with van der Waals surface area (Å²) in [5, 5.41) is 14.9. The highest BCUT2D eigenvalue weighted by atomic mass is 35.5. The fourth-order valence-corrected chi connectivity index (χ4v) is 3.28. The maximum absolute atomic E-state index is 12.9. The number of benzene rings is 1. The van der Waals surface area contributed by atoms with Crippen molar-refractivity contribution in [3.63, 3.8) is 0 Å². The Morgan fingerprint density at radius 2 is 2.08 bits per heavy atom. The van der Waals surface area contributed by atoms with E-state index in [4.69, 9.17) is 11.6 Å². The summed E-state index contributed by atoms with van der Waals surface area (Å²) in [7, 11) is 0. The quantitative estimate of drug-likeness (QED) is 0.928. The van der Waals surface area contributed by atoms with Crippen LogP contribution in [0, 0.1) is 12.8 Å². The van der Waals surface area contributed by atoms with Gasteiger partial charge in [0.15, 0.2) is 0 Å². The summed E-state index contributed by atoms with van der Waals surface area (Å²) in [6, 6.07) is 7.33. The van der Waals surface area contributed by atoms with Crippen LogP contribution >= 0.6 is 11.6 Å². The smallest absolute Gasteiger partial charge is 0.257 e. The zero-order valence-electron chi connectivity index (χ0n) is 13.9. The summed E-state index contributed by atoms with van der Waals surface area (Å²) in [6.07, 6.45) is 3.27. The zero-order chi connectivity index (χ0) is 17.3. The van der Waals surface area contributed by atoms with E-state index in [1.165, 1.54) is 0 Å². The average molecular weight is 348 g/mol. The number of piperidine rings is 1. The lowest BCUT2D eigenvalue weighted by Gasteiger charge is -2.34. The summed E-state index contributed by atoms with van der Waals surface area (Å²) in [4.78, 5) is 14.7. The van der Waals surface area contributed by atoms with Crippen molar-refractivity contribution in [3.05, 3.63) is 46.7 Å². The second kappa shape index (κ2) is 6.95. The van der Waals surface area contributed by atoms with Crippen LogP contribution in [0.4, 0.5) is 0 Å². The first-order chi connectivity index (χ1) is 11.5. The number of nitrogens with zero attached hydrogens (tertiary/aromatic N) is 3. The van der Waals surface area contributed by atoms with Crippen LogP contribution < -0.4 is 0 Å². The molecule has 0 spiro atoms. The highest BCUT2D eigenvalue weighted by molar-refractivity contribution is 6.30. The Hall–Kier alpha value is -1.85. The lowest BCUT2D eigenvalue weighted by molar-refractivity contribution is 0.0465. The van der Waals surface area contributed by atoms with Gasteiger partial charge in [-0.25, -0.2) is 4.68 Å². The lowest BCUT2D eigenvalue weighted by Crippen LogP contribution is -2.43. The van der Waals surface area contributed by atoms with Gasteiger partial charge in [-0.1, -0.05) is 11.6 Å². The highest BCUT2D eigenvalue weighted by Crippen LogP contribution is 2.23. The monoisotopic (exact) mass is 347 g/mol. The molecule has 1 aromatic heterocycles. The van der Waals surface area contributed by atoms with E-state index < -0.39 is 6.10 Å². The molecule has 1 aliphatic heterocycles. The molecule has 0 bridgehead atoms. The van der Waals surface area contributed by atoms with E-state index in [2.05, 4.69) is 5.10 Å². The van der Waals surface area contributed by atoms with Crippen LogP contribution in [0.15, 0.2) is 30.5 Å². The summed E-state index contributed by atoms with van der Waals surface area (Å²) in [5.41, 5.74) is 2.17. The molecule has 0 radical (unpaired) electrons. The van der Waals surface area contributed by atoms with Crippen molar-refractivity contribution in [2.75, 3.05) is 13.1 Å². The SMILES string of the molecule is Cc1nn(-c2ccc(Cl)cc2)cc1C(=O)N1CCCC(C(C)O)C1. The third-order valence-corrected chi connectivity index (χ3v) is 4.90. The van der Waals surface area contributed by atoms with E-state index in [1.807, 2.05) is 24.0 Å². The van der Waals surface area contributed by atoms with E-state index >= 15 is 0 Å². The van der Waals surface area contributed by atoms with E-state index in [0.717, 1.165) is 25.1 Å². The van der Waals surface area contributed by atoms with Gasteiger partial charge >= 0.3 is 0 Å². The topological polar surface area (TPSA) is 58.4 Å². The van der Waals surface area contributed by atoms with Crippen molar-refractivity contribution in [2.45, 2.75) is 32.8 Å². The predicted molar refractivity (Wildman–Crippen MR) is 93.6 cm³/mol. The molecule has 2 aromatic rings. The van der Waals surface area contributed by atoms with E-state index in [1.54, 1.807) is 29.9 Å². The van der Waals surface area contributed by atoms with Crippen molar-refractivity contribution in [3.8, 4) is 5.69 Å². The van der Waals surface area contributed by atoms with Gasteiger partial charge in [-0.05, 0) is 51.0 Å². The molecule has 1 aromatic carbocycles. The second-order valence-electron chi connectivity index (χ2n) is 6.44. The molecule has 0 aliphatic carbocycles. The number of carbonyl (C=O) groups is 1. The molecule has 128 valence electrons. The maximum Gasteiger partial charge on any atom is 0.257 e. The van der Waals surface area contributed by atoms with E-state index in [-0.39, 0.29) is 11.8 Å². The molecule has 2 unspecified atom stereocenters. The second-order valence-corrected chi connectivity index (χ2v) is 6.88. The van der Waals surface area contributed by atoms with Crippen LogP contribution in [0.25, 0.3) is 5.69 Å². The molecule has 2 heterocycles. The Balaban J connectivity index is 1.81. The zero-order valence-corrected chi connectivity index (χ0v) is 14.7. The van der Waals surface area contributed by atoms with E-state index in [9.17, 15) is 9.90 Å². The number of aryl methyl sites for hydroxylation is 1. The molecule has 3 rings (SSSR count). The predicted octanol–water partition coefficient (Wildman–Crippen LogP) is 3.07. The van der Waals surface area contributed by atoms with Crippen molar-refractivity contribution in [1.29, 1.82) is 0 Å². The first kappa shape index (κ1) is 17.0. The summed E-state index contributed by atoms with van der Waals surface area (Å²) < 4.78 is 1.70. The largest absolute Gasteiger partial charge is 0.393 e. The third-order valence-electron chi connectivity index (χ3n) is 4.65. The first-order valence-corrected chi connectivity index (χ1v) is 8.63. The Morgan fingerprint density at radius 1 is 1.38 bits per heavy atom. The molecule has 24 heavy (non-hydrogen) atoms. The first-order valence-electron chi connectivity index (χ1n) is 8.25. The summed E-state index contributed by atoms with van der Waals surface area (Å²) in [5.74, 6) is 0.132. The van der Waals surface area contributed by atoms with Gasteiger partial charge in [0.1, 0.15) is 0 Å². The van der Waals surface area contributed by atoms with Gasteiger partial charge in [-0.15, -0.1) is 0 Å². The van der Waals surface area contributed by atoms with Gasteiger partial charge < -0.3 is 10.0 Å². The van der Waals surface area contributed by atoms with Gasteiger partial charge in [0.25, 0.3) is 5.91 Å². The minimum absolute atomic E-state index is 0.0157. The van der Waals surface area contributed by atoms with Crippen LogP contribution in [0.2, 0.25) is 5.02 Å². The summed E-state index contributed by atoms with van der Waals surface area (Å²) in [6.45, 7) is 4.97. The minimum atomic E-state index is -0.390. The van der Waals surface area contributed by atoms with Crippen LogP contribution in [-0.2, 0) is 0 Å². The molecule has 0 saturated carbocycles. The molecular formula is C18H22ClN3O2. The van der Waals surface area contributed by atoms with Gasteiger partial charge in [-0.3, -0.25) is 4.79 Å². The van der Waals surface area contributed by atoms with Crippen molar-refractivity contribution in [2.24, 2.45) is 5.92 Å². The number of rotatable bonds is 3. The highest BCUT2D eigenvalue weighted by Gasteiger charge is 2.28. The number of hydrogen-bond donors (Lipinski definition) is 1. The molecule has 1 N–H and O–H groups in total. The Labute approximate surface area is 146 Å². The number of hydrogen-bond acceptors (Lipinski definition) is 3. The van der Waals surface area contributed by atoms with Crippen LogP contribution in [0.3, 0.4) is 0 Å². The molecule has 1 fully saturated rings. The third kappa shape index (κ3) is 3.47. The van der Waals surface area contributed by atoms with Gasteiger partial charge in [0.05, 0.1) is 23.0 Å². The standard InChI is InChI=1S/C18H22ClN3O2/c1-12-17(11-22(20-12)16-7-5-15(19)6-8-16)18(24)21-9-3-4-14(10-21)13(2)23/h5-8,11,13-14,23H,3-4,9-10H2,1-2H3. The van der Waals surface area contributed by atoms with Crippen LogP contribution in [0.1, 0.15) is 35.8 Å². The van der Waals surface area contributed by atoms with Crippen molar-refractivity contribution < 1.29 is 9.90 Å². The number of aliphatic hydroxyl groups excluding tert-OH is 1.